The van der Waals surface area contributed by atoms with Crippen LogP contribution in [-0.4, -0.2) is 31.1 Å². The number of rotatable bonds is 5. The molecule has 1 heterocycles. The Morgan fingerprint density at radius 1 is 1.58 bits per heavy atom. The summed E-state index contributed by atoms with van der Waals surface area (Å²) in [6, 6.07) is 7.91. The lowest BCUT2D eigenvalue weighted by molar-refractivity contribution is -0.123. The van der Waals surface area contributed by atoms with Gasteiger partial charge in [-0.1, -0.05) is 12.1 Å². The molecule has 0 radical (unpaired) electrons. The summed E-state index contributed by atoms with van der Waals surface area (Å²) in [5.41, 5.74) is 1.17. The second-order valence-electron chi connectivity index (χ2n) is 5.14. The van der Waals surface area contributed by atoms with E-state index in [0.29, 0.717) is 6.54 Å². The summed E-state index contributed by atoms with van der Waals surface area (Å²) in [5, 5.41) is 6.12. The smallest absolute Gasteiger partial charge is 0.237 e. The summed E-state index contributed by atoms with van der Waals surface area (Å²) in [7, 11) is 0. The van der Waals surface area contributed by atoms with Crippen molar-refractivity contribution < 1.29 is 9.53 Å². The summed E-state index contributed by atoms with van der Waals surface area (Å²) < 4.78 is 5.77. The minimum absolute atomic E-state index is 0.0221. The van der Waals surface area contributed by atoms with Crippen LogP contribution in [0.1, 0.15) is 25.3 Å². The van der Waals surface area contributed by atoms with Crippen LogP contribution in [0.4, 0.5) is 0 Å². The summed E-state index contributed by atoms with van der Waals surface area (Å²) >= 11 is 0. The van der Waals surface area contributed by atoms with Gasteiger partial charge in [-0.15, -0.1) is 0 Å². The van der Waals surface area contributed by atoms with Crippen molar-refractivity contribution in [3.63, 3.8) is 0 Å². The number of carbonyl (C=O) groups excluding carboxylic acids is 1. The van der Waals surface area contributed by atoms with Crippen molar-refractivity contribution in [2.45, 2.75) is 38.8 Å². The van der Waals surface area contributed by atoms with Gasteiger partial charge in [-0.05, 0) is 50.9 Å². The SMILES string of the molecule is Cc1cccc(OC(C)CNC(=O)C2CCCN2)c1. The van der Waals surface area contributed by atoms with Crippen molar-refractivity contribution >= 4 is 5.91 Å². The first-order valence-corrected chi connectivity index (χ1v) is 6.89. The van der Waals surface area contributed by atoms with Crippen molar-refractivity contribution in [3.05, 3.63) is 29.8 Å². The Labute approximate surface area is 114 Å². The van der Waals surface area contributed by atoms with Gasteiger partial charge in [0.25, 0.3) is 0 Å². The second-order valence-corrected chi connectivity index (χ2v) is 5.14. The summed E-state index contributed by atoms with van der Waals surface area (Å²) in [6.45, 7) is 5.47. The molecule has 1 aliphatic rings. The normalized spacial score (nSPS) is 20.0. The van der Waals surface area contributed by atoms with Crippen LogP contribution in [0.25, 0.3) is 0 Å². The first-order chi connectivity index (χ1) is 9.15. The molecule has 1 fully saturated rings. The van der Waals surface area contributed by atoms with Gasteiger partial charge in [0.05, 0.1) is 12.6 Å². The largest absolute Gasteiger partial charge is 0.489 e. The molecule has 0 aromatic heterocycles. The summed E-state index contributed by atoms with van der Waals surface area (Å²) in [6.07, 6.45) is 1.97. The third-order valence-corrected chi connectivity index (χ3v) is 3.27. The van der Waals surface area contributed by atoms with E-state index in [0.717, 1.165) is 25.1 Å². The van der Waals surface area contributed by atoms with E-state index in [4.69, 9.17) is 4.74 Å². The predicted molar refractivity (Wildman–Crippen MR) is 75.3 cm³/mol. The Bertz CT molecular complexity index is 428. The number of hydrogen-bond donors (Lipinski definition) is 2. The van der Waals surface area contributed by atoms with Crippen LogP contribution in [0.15, 0.2) is 24.3 Å². The van der Waals surface area contributed by atoms with Crippen LogP contribution in [0.5, 0.6) is 5.75 Å². The highest BCUT2D eigenvalue weighted by Crippen LogP contribution is 2.14. The lowest BCUT2D eigenvalue weighted by Gasteiger charge is -2.17. The van der Waals surface area contributed by atoms with Gasteiger partial charge in [0.2, 0.25) is 5.91 Å². The fraction of sp³-hybridized carbons (Fsp3) is 0.533. The van der Waals surface area contributed by atoms with E-state index in [9.17, 15) is 4.79 Å². The monoisotopic (exact) mass is 262 g/mol. The molecular formula is C15H22N2O2. The van der Waals surface area contributed by atoms with Crippen molar-refractivity contribution in [1.82, 2.24) is 10.6 Å². The molecule has 1 aromatic carbocycles. The van der Waals surface area contributed by atoms with Crippen LogP contribution in [0.3, 0.4) is 0 Å². The maximum atomic E-state index is 11.8. The molecule has 2 N–H and O–H groups in total. The van der Waals surface area contributed by atoms with Crippen LogP contribution >= 0.6 is 0 Å². The van der Waals surface area contributed by atoms with Crippen LogP contribution in [-0.2, 0) is 4.79 Å². The minimum Gasteiger partial charge on any atom is -0.489 e. The van der Waals surface area contributed by atoms with Gasteiger partial charge in [-0.3, -0.25) is 4.79 Å². The highest BCUT2D eigenvalue weighted by Gasteiger charge is 2.21. The summed E-state index contributed by atoms with van der Waals surface area (Å²) in [4.78, 5) is 11.8. The van der Waals surface area contributed by atoms with Gasteiger partial charge in [0.15, 0.2) is 0 Å². The maximum Gasteiger partial charge on any atom is 0.237 e. The zero-order valence-electron chi connectivity index (χ0n) is 11.6. The number of nitrogens with one attached hydrogen (secondary N) is 2. The van der Waals surface area contributed by atoms with E-state index in [1.165, 1.54) is 5.56 Å². The molecule has 0 spiro atoms. The molecule has 1 aromatic rings. The Morgan fingerprint density at radius 2 is 2.42 bits per heavy atom. The van der Waals surface area contributed by atoms with Gasteiger partial charge in [0, 0.05) is 0 Å². The molecule has 2 rings (SSSR count). The Hall–Kier alpha value is -1.55. The lowest BCUT2D eigenvalue weighted by Crippen LogP contribution is -2.43. The second kappa shape index (κ2) is 6.57. The molecule has 2 unspecified atom stereocenters. The number of aryl methyl sites for hydroxylation is 1. The highest BCUT2D eigenvalue weighted by molar-refractivity contribution is 5.82. The molecule has 4 nitrogen and oxygen atoms in total. The molecule has 19 heavy (non-hydrogen) atoms. The minimum atomic E-state index is -0.0350. The van der Waals surface area contributed by atoms with Crippen molar-refractivity contribution in [3.8, 4) is 5.75 Å². The fourth-order valence-electron chi connectivity index (χ4n) is 2.24. The molecular weight excluding hydrogens is 240 g/mol. The third kappa shape index (κ3) is 4.24. The Balaban J connectivity index is 1.75. The molecule has 1 saturated heterocycles. The Kier molecular flexibility index (Phi) is 4.80. The van der Waals surface area contributed by atoms with Crippen LogP contribution < -0.4 is 15.4 Å². The highest BCUT2D eigenvalue weighted by atomic mass is 16.5. The molecule has 4 heteroatoms. The summed E-state index contributed by atoms with van der Waals surface area (Å²) in [5.74, 6) is 0.929. The number of carbonyl (C=O) groups is 1. The van der Waals surface area contributed by atoms with Gasteiger partial charge >= 0.3 is 0 Å². The first-order valence-electron chi connectivity index (χ1n) is 6.89. The lowest BCUT2D eigenvalue weighted by atomic mass is 10.2. The molecule has 104 valence electrons. The number of benzene rings is 1. The third-order valence-electron chi connectivity index (χ3n) is 3.27. The first kappa shape index (κ1) is 13.9. The van der Waals surface area contributed by atoms with E-state index in [1.54, 1.807) is 0 Å². The molecule has 0 aliphatic carbocycles. The van der Waals surface area contributed by atoms with E-state index >= 15 is 0 Å². The van der Waals surface area contributed by atoms with Gasteiger partial charge in [-0.25, -0.2) is 0 Å². The van der Waals surface area contributed by atoms with Crippen molar-refractivity contribution in [2.75, 3.05) is 13.1 Å². The van der Waals surface area contributed by atoms with Crippen LogP contribution in [0.2, 0.25) is 0 Å². The molecule has 0 bridgehead atoms. The quantitative estimate of drug-likeness (QED) is 0.848. The topological polar surface area (TPSA) is 50.4 Å². The van der Waals surface area contributed by atoms with Crippen LogP contribution in [0, 0.1) is 6.92 Å². The van der Waals surface area contributed by atoms with Gasteiger partial charge in [0.1, 0.15) is 11.9 Å². The zero-order chi connectivity index (χ0) is 13.7. The predicted octanol–water partition coefficient (Wildman–Crippen LogP) is 1.63. The fourth-order valence-corrected chi connectivity index (χ4v) is 2.24. The van der Waals surface area contributed by atoms with E-state index in [2.05, 4.69) is 10.6 Å². The zero-order valence-corrected chi connectivity index (χ0v) is 11.6. The standard InChI is InChI=1S/C15H22N2O2/c1-11-5-3-6-13(9-11)19-12(2)10-17-15(18)14-7-4-8-16-14/h3,5-6,9,12,14,16H,4,7-8,10H2,1-2H3,(H,17,18). The molecule has 0 saturated carbocycles. The number of hydrogen-bond acceptors (Lipinski definition) is 3. The molecule has 1 amide bonds. The average Bonchev–Trinajstić information content (AvgIpc) is 2.90. The molecule has 2 atom stereocenters. The number of amides is 1. The van der Waals surface area contributed by atoms with E-state index in [1.807, 2.05) is 38.1 Å². The van der Waals surface area contributed by atoms with E-state index in [-0.39, 0.29) is 18.1 Å². The molecule has 1 aliphatic heterocycles. The number of ether oxygens (including phenoxy) is 1. The van der Waals surface area contributed by atoms with Gasteiger partial charge < -0.3 is 15.4 Å². The van der Waals surface area contributed by atoms with Gasteiger partial charge in [-0.2, -0.15) is 0 Å². The van der Waals surface area contributed by atoms with E-state index < -0.39 is 0 Å². The van der Waals surface area contributed by atoms with Crippen molar-refractivity contribution in [2.24, 2.45) is 0 Å². The maximum absolute atomic E-state index is 11.8. The Morgan fingerprint density at radius 3 is 3.11 bits per heavy atom. The van der Waals surface area contributed by atoms with Crippen molar-refractivity contribution in [1.29, 1.82) is 0 Å². The average molecular weight is 262 g/mol.